The predicted molar refractivity (Wildman–Crippen MR) is 41.2 cm³/mol. The summed E-state index contributed by atoms with van der Waals surface area (Å²) in [6.07, 6.45) is -3.56. The van der Waals surface area contributed by atoms with Gasteiger partial charge >= 0.3 is 6.18 Å². The number of rotatable bonds is 2. The molecule has 76 valence electrons. The molecule has 3 nitrogen and oxygen atoms in total. The predicted octanol–water partition coefficient (Wildman–Crippen LogP) is 1.92. The Kier molecular flexibility index (Phi) is 2.73. The highest BCUT2D eigenvalue weighted by atomic mass is 19.4. The van der Waals surface area contributed by atoms with Crippen molar-refractivity contribution in [2.45, 2.75) is 6.18 Å². The van der Waals surface area contributed by atoms with Crippen LogP contribution in [0.2, 0.25) is 0 Å². The monoisotopic (exact) mass is 205 g/mol. The molecule has 0 spiro atoms. The van der Waals surface area contributed by atoms with Crippen LogP contribution in [-0.4, -0.2) is 18.4 Å². The average molecular weight is 205 g/mol. The van der Waals surface area contributed by atoms with Crippen LogP contribution >= 0.6 is 0 Å². The van der Waals surface area contributed by atoms with Gasteiger partial charge in [0, 0.05) is 6.20 Å². The molecule has 0 saturated heterocycles. The number of pyridine rings is 1. The first kappa shape index (κ1) is 10.5. The molecule has 0 bridgehead atoms. The van der Waals surface area contributed by atoms with Gasteiger partial charge in [0.05, 0.1) is 12.7 Å². The summed E-state index contributed by atoms with van der Waals surface area (Å²) in [6.45, 7) is 0. The van der Waals surface area contributed by atoms with E-state index >= 15 is 0 Å². The van der Waals surface area contributed by atoms with Crippen molar-refractivity contribution in [1.29, 1.82) is 0 Å². The minimum Gasteiger partial charge on any atom is -0.494 e. The SMILES string of the molecule is COc1cc(C(F)(F)F)cnc1C=O. The highest BCUT2D eigenvalue weighted by Gasteiger charge is 2.31. The van der Waals surface area contributed by atoms with Crippen molar-refractivity contribution in [2.75, 3.05) is 7.11 Å². The third kappa shape index (κ3) is 2.01. The molecule has 1 heterocycles. The molecule has 0 aliphatic carbocycles. The molecule has 1 aromatic rings. The highest BCUT2D eigenvalue weighted by Crippen LogP contribution is 2.31. The summed E-state index contributed by atoms with van der Waals surface area (Å²) in [5.41, 5.74) is -1.10. The molecule has 0 radical (unpaired) electrons. The van der Waals surface area contributed by atoms with Crippen LogP contribution in [0.1, 0.15) is 16.1 Å². The Balaban J connectivity index is 3.21. The molecule has 0 aliphatic rings. The molecule has 0 unspecified atom stereocenters. The Morgan fingerprint density at radius 1 is 1.50 bits per heavy atom. The van der Waals surface area contributed by atoms with Crippen LogP contribution < -0.4 is 4.74 Å². The molecule has 0 saturated carbocycles. The van der Waals surface area contributed by atoms with Gasteiger partial charge in [-0.1, -0.05) is 0 Å². The summed E-state index contributed by atoms with van der Waals surface area (Å²) >= 11 is 0. The molecular weight excluding hydrogens is 199 g/mol. The fraction of sp³-hybridized carbons (Fsp3) is 0.250. The van der Waals surface area contributed by atoms with Gasteiger partial charge in [-0.3, -0.25) is 4.79 Å². The number of ether oxygens (including phenoxy) is 1. The van der Waals surface area contributed by atoms with Crippen molar-refractivity contribution >= 4 is 6.29 Å². The quantitative estimate of drug-likeness (QED) is 0.692. The zero-order valence-corrected chi connectivity index (χ0v) is 7.13. The summed E-state index contributed by atoms with van der Waals surface area (Å²) in [6, 6.07) is 0.733. The number of nitrogens with zero attached hydrogens (tertiary/aromatic N) is 1. The summed E-state index contributed by atoms with van der Waals surface area (Å²) in [4.78, 5) is 13.6. The number of aromatic nitrogens is 1. The second-order valence-corrected chi connectivity index (χ2v) is 2.43. The van der Waals surface area contributed by atoms with Crippen molar-refractivity contribution < 1.29 is 22.7 Å². The van der Waals surface area contributed by atoms with Crippen LogP contribution in [0.3, 0.4) is 0 Å². The van der Waals surface area contributed by atoms with E-state index in [1.807, 2.05) is 0 Å². The summed E-state index contributed by atoms with van der Waals surface area (Å²) < 4.78 is 41.0. The Morgan fingerprint density at radius 3 is 2.57 bits per heavy atom. The molecule has 0 aromatic carbocycles. The van der Waals surface area contributed by atoms with Crippen molar-refractivity contribution in [3.8, 4) is 5.75 Å². The fourth-order valence-electron chi connectivity index (χ4n) is 0.862. The third-order valence-electron chi connectivity index (χ3n) is 1.54. The van der Waals surface area contributed by atoms with Gasteiger partial charge in [0.2, 0.25) is 0 Å². The Bertz CT molecular complexity index is 349. The fourth-order valence-corrected chi connectivity index (χ4v) is 0.862. The molecule has 0 atom stereocenters. The number of halogens is 3. The van der Waals surface area contributed by atoms with E-state index in [4.69, 9.17) is 0 Å². The molecule has 0 N–H and O–H groups in total. The first-order chi connectivity index (χ1) is 6.49. The lowest BCUT2D eigenvalue weighted by molar-refractivity contribution is -0.137. The summed E-state index contributed by atoms with van der Waals surface area (Å²) in [5, 5.41) is 0. The second kappa shape index (κ2) is 3.65. The van der Waals surface area contributed by atoms with Crippen LogP contribution in [-0.2, 0) is 6.18 Å². The van der Waals surface area contributed by atoms with Gasteiger partial charge in [-0.05, 0) is 6.07 Å². The molecule has 6 heteroatoms. The summed E-state index contributed by atoms with van der Waals surface area (Å²) in [5.74, 6) is -0.185. The minimum absolute atomic E-state index is 0.152. The van der Waals surface area contributed by atoms with Crippen molar-refractivity contribution in [3.05, 3.63) is 23.5 Å². The average Bonchev–Trinajstić information content (AvgIpc) is 2.15. The first-order valence-corrected chi connectivity index (χ1v) is 3.55. The van der Waals surface area contributed by atoms with E-state index in [0.717, 1.165) is 6.07 Å². The Labute approximate surface area is 77.5 Å². The normalized spacial score (nSPS) is 11.1. The van der Waals surface area contributed by atoms with Gasteiger partial charge in [-0.15, -0.1) is 0 Å². The highest BCUT2D eigenvalue weighted by molar-refractivity contribution is 5.76. The Hall–Kier alpha value is -1.59. The number of hydrogen-bond donors (Lipinski definition) is 0. The van der Waals surface area contributed by atoms with Crippen LogP contribution in [0, 0.1) is 0 Å². The lowest BCUT2D eigenvalue weighted by Gasteiger charge is -2.08. The maximum absolute atomic E-state index is 12.2. The molecule has 14 heavy (non-hydrogen) atoms. The van der Waals surface area contributed by atoms with E-state index in [1.165, 1.54) is 7.11 Å². The third-order valence-corrected chi connectivity index (χ3v) is 1.54. The van der Waals surface area contributed by atoms with Crippen LogP contribution in [0.5, 0.6) is 5.75 Å². The van der Waals surface area contributed by atoms with E-state index in [2.05, 4.69) is 9.72 Å². The zero-order chi connectivity index (χ0) is 10.8. The van der Waals surface area contributed by atoms with E-state index in [1.54, 1.807) is 0 Å². The largest absolute Gasteiger partial charge is 0.494 e. The van der Waals surface area contributed by atoms with E-state index in [9.17, 15) is 18.0 Å². The first-order valence-electron chi connectivity index (χ1n) is 3.55. The molecule has 0 amide bonds. The van der Waals surface area contributed by atoms with E-state index in [0.29, 0.717) is 12.5 Å². The van der Waals surface area contributed by atoms with Gasteiger partial charge in [0.15, 0.2) is 6.29 Å². The van der Waals surface area contributed by atoms with Crippen LogP contribution in [0.25, 0.3) is 0 Å². The molecule has 1 rings (SSSR count). The number of carbonyl (C=O) groups is 1. The number of methoxy groups -OCH3 is 1. The van der Waals surface area contributed by atoms with Gasteiger partial charge in [0.25, 0.3) is 0 Å². The number of carbonyl (C=O) groups excluding carboxylic acids is 1. The van der Waals surface area contributed by atoms with Crippen molar-refractivity contribution in [2.24, 2.45) is 0 Å². The second-order valence-electron chi connectivity index (χ2n) is 2.43. The van der Waals surface area contributed by atoms with E-state index in [-0.39, 0.29) is 11.4 Å². The number of hydrogen-bond acceptors (Lipinski definition) is 3. The number of alkyl halides is 3. The molecule has 1 aromatic heterocycles. The number of aldehydes is 1. The van der Waals surface area contributed by atoms with Crippen LogP contribution in [0.15, 0.2) is 12.3 Å². The smallest absolute Gasteiger partial charge is 0.418 e. The van der Waals surface area contributed by atoms with Gasteiger partial charge in [-0.25, -0.2) is 4.98 Å². The maximum atomic E-state index is 12.2. The maximum Gasteiger partial charge on any atom is 0.418 e. The van der Waals surface area contributed by atoms with E-state index < -0.39 is 11.7 Å². The molecule has 0 fully saturated rings. The minimum atomic E-state index is -4.48. The Morgan fingerprint density at radius 2 is 2.14 bits per heavy atom. The van der Waals surface area contributed by atoms with Gasteiger partial charge < -0.3 is 4.74 Å². The molecular formula is C8H6F3NO2. The summed E-state index contributed by atoms with van der Waals surface area (Å²) in [7, 11) is 1.17. The lowest BCUT2D eigenvalue weighted by atomic mass is 10.2. The van der Waals surface area contributed by atoms with Gasteiger partial charge in [0.1, 0.15) is 11.4 Å². The van der Waals surface area contributed by atoms with Crippen molar-refractivity contribution in [3.63, 3.8) is 0 Å². The standard InChI is InChI=1S/C8H6F3NO2/c1-14-7-2-5(8(9,10)11)3-12-6(7)4-13/h2-4H,1H3. The van der Waals surface area contributed by atoms with Crippen molar-refractivity contribution in [1.82, 2.24) is 4.98 Å². The lowest BCUT2D eigenvalue weighted by Crippen LogP contribution is -2.07. The topological polar surface area (TPSA) is 39.2 Å². The van der Waals surface area contributed by atoms with Gasteiger partial charge in [-0.2, -0.15) is 13.2 Å². The zero-order valence-electron chi connectivity index (χ0n) is 7.13. The van der Waals surface area contributed by atoms with Crippen LogP contribution in [0.4, 0.5) is 13.2 Å². The molecule has 0 aliphatic heterocycles.